The zero-order valence-corrected chi connectivity index (χ0v) is 14.4. The van der Waals surface area contributed by atoms with E-state index in [1.807, 2.05) is 11.8 Å². The number of amidine groups is 1. The fourth-order valence-electron chi connectivity index (χ4n) is 4.13. The number of hydrogen-bond donors (Lipinski definition) is 2. The first kappa shape index (κ1) is 14.8. The SMILES string of the molecule is C[C@H]1C(=O)NN=C2COc3cc4ccn([C@@]5(C)CCNC5)c4cc3N21. The van der Waals surface area contributed by atoms with Crippen LogP contribution in [0.5, 0.6) is 5.75 Å². The van der Waals surface area contributed by atoms with Crippen LogP contribution in [0.3, 0.4) is 0 Å². The number of nitrogens with one attached hydrogen (secondary N) is 2. The Labute approximate surface area is 145 Å². The molecule has 25 heavy (non-hydrogen) atoms. The molecule has 0 aliphatic carbocycles. The summed E-state index contributed by atoms with van der Waals surface area (Å²) >= 11 is 0. The summed E-state index contributed by atoms with van der Waals surface area (Å²) in [5, 5.41) is 8.78. The summed E-state index contributed by atoms with van der Waals surface area (Å²) in [6, 6.07) is 6.04. The van der Waals surface area contributed by atoms with E-state index in [-0.39, 0.29) is 17.5 Å². The number of aromatic nitrogens is 1. The lowest BCUT2D eigenvalue weighted by Crippen LogP contribution is -2.55. The molecular formula is C18H21N5O2. The highest BCUT2D eigenvalue weighted by molar-refractivity contribution is 6.10. The van der Waals surface area contributed by atoms with Gasteiger partial charge in [-0.1, -0.05) is 0 Å². The van der Waals surface area contributed by atoms with E-state index >= 15 is 0 Å². The number of hydrazone groups is 1. The second-order valence-corrected chi connectivity index (χ2v) is 7.33. The van der Waals surface area contributed by atoms with E-state index in [1.165, 1.54) is 0 Å². The molecular weight excluding hydrogens is 318 g/mol. The van der Waals surface area contributed by atoms with Crippen LogP contribution in [-0.2, 0) is 10.3 Å². The predicted molar refractivity (Wildman–Crippen MR) is 96.1 cm³/mol. The molecule has 0 bridgehead atoms. The number of carbonyl (C=O) groups is 1. The Bertz CT molecular complexity index is 910. The molecule has 0 radical (unpaired) electrons. The summed E-state index contributed by atoms with van der Waals surface area (Å²) in [5.41, 5.74) is 4.70. The number of nitrogens with zero attached hydrogens (tertiary/aromatic N) is 3. The molecule has 4 heterocycles. The van der Waals surface area contributed by atoms with Crippen LogP contribution in [0.15, 0.2) is 29.5 Å². The van der Waals surface area contributed by atoms with Gasteiger partial charge in [0.1, 0.15) is 18.4 Å². The maximum Gasteiger partial charge on any atom is 0.262 e. The van der Waals surface area contributed by atoms with Crippen LogP contribution in [0.25, 0.3) is 10.9 Å². The summed E-state index contributed by atoms with van der Waals surface area (Å²) in [5.74, 6) is 1.45. The zero-order valence-electron chi connectivity index (χ0n) is 14.4. The van der Waals surface area contributed by atoms with Gasteiger partial charge in [0.25, 0.3) is 5.91 Å². The molecule has 7 heteroatoms. The molecule has 1 amide bonds. The molecule has 1 aromatic carbocycles. The number of rotatable bonds is 1. The fourth-order valence-corrected chi connectivity index (χ4v) is 4.13. The molecule has 1 aromatic heterocycles. The van der Waals surface area contributed by atoms with Gasteiger partial charge in [0.05, 0.1) is 16.7 Å². The third-order valence-electron chi connectivity index (χ3n) is 5.66. The molecule has 2 aromatic rings. The second kappa shape index (κ2) is 4.98. The lowest BCUT2D eigenvalue weighted by Gasteiger charge is -2.38. The standard InChI is InChI=1S/C18H21N5O2/c1-11-17(24)21-20-16-9-25-15-7-12-3-6-22(18(2)4-5-19-10-18)13(12)8-14(15)23(11)16/h3,6-8,11,19H,4-5,9-10H2,1-2H3,(H,21,24)/t11-,18-/m0/s1. The molecule has 130 valence electrons. The van der Waals surface area contributed by atoms with Crippen molar-refractivity contribution in [3.05, 3.63) is 24.4 Å². The van der Waals surface area contributed by atoms with Gasteiger partial charge in [-0.15, -0.1) is 0 Å². The van der Waals surface area contributed by atoms with Gasteiger partial charge in [-0.2, -0.15) is 5.10 Å². The topological polar surface area (TPSA) is 70.9 Å². The average Bonchev–Trinajstić information content (AvgIpc) is 3.22. The summed E-state index contributed by atoms with van der Waals surface area (Å²) in [7, 11) is 0. The Morgan fingerprint density at radius 2 is 2.28 bits per heavy atom. The molecule has 3 aliphatic heterocycles. The van der Waals surface area contributed by atoms with Gasteiger partial charge in [0.2, 0.25) is 0 Å². The van der Waals surface area contributed by atoms with Crippen LogP contribution in [0.2, 0.25) is 0 Å². The van der Waals surface area contributed by atoms with Crippen molar-refractivity contribution in [2.75, 3.05) is 24.6 Å². The van der Waals surface area contributed by atoms with Crippen molar-refractivity contribution in [1.29, 1.82) is 0 Å². The van der Waals surface area contributed by atoms with E-state index in [1.54, 1.807) is 0 Å². The highest BCUT2D eigenvalue weighted by Gasteiger charge is 2.36. The molecule has 1 fully saturated rings. The first-order valence-corrected chi connectivity index (χ1v) is 8.72. The van der Waals surface area contributed by atoms with Crippen molar-refractivity contribution in [3.8, 4) is 5.75 Å². The minimum atomic E-state index is -0.306. The van der Waals surface area contributed by atoms with Crippen molar-refractivity contribution in [2.45, 2.75) is 31.8 Å². The Morgan fingerprint density at radius 3 is 3.08 bits per heavy atom. The summed E-state index contributed by atoms with van der Waals surface area (Å²) in [6.07, 6.45) is 3.25. The minimum absolute atomic E-state index is 0.0628. The van der Waals surface area contributed by atoms with Gasteiger partial charge in [-0.05, 0) is 45.0 Å². The van der Waals surface area contributed by atoms with Crippen molar-refractivity contribution in [2.24, 2.45) is 5.10 Å². The number of fused-ring (bicyclic) bond motifs is 4. The third kappa shape index (κ3) is 2.02. The van der Waals surface area contributed by atoms with Crippen molar-refractivity contribution >= 4 is 28.3 Å². The van der Waals surface area contributed by atoms with Crippen LogP contribution < -0.4 is 20.4 Å². The monoisotopic (exact) mass is 339 g/mol. The van der Waals surface area contributed by atoms with Crippen LogP contribution in [-0.4, -0.2) is 42.0 Å². The van der Waals surface area contributed by atoms with Crippen molar-refractivity contribution in [3.63, 3.8) is 0 Å². The highest BCUT2D eigenvalue weighted by atomic mass is 16.5. The highest BCUT2D eigenvalue weighted by Crippen LogP contribution is 2.40. The van der Waals surface area contributed by atoms with Gasteiger partial charge >= 0.3 is 0 Å². The third-order valence-corrected chi connectivity index (χ3v) is 5.66. The number of ether oxygens (including phenoxy) is 1. The van der Waals surface area contributed by atoms with E-state index in [2.05, 4.69) is 51.7 Å². The molecule has 7 nitrogen and oxygen atoms in total. The molecule has 0 spiro atoms. The average molecular weight is 339 g/mol. The number of hydrogen-bond acceptors (Lipinski definition) is 5. The first-order chi connectivity index (χ1) is 12.1. The molecule has 2 N–H and O–H groups in total. The van der Waals surface area contributed by atoms with Crippen LogP contribution in [0.4, 0.5) is 5.69 Å². The van der Waals surface area contributed by atoms with Gasteiger partial charge < -0.3 is 19.5 Å². The Kier molecular flexibility index (Phi) is 2.94. The number of anilines is 1. The smallest absolute Gasteiger partial charge is 0.262 e. The van der Waals surface area contributed by atoms with Crippen LogP contribution in [0.1, 0.15) is 20.3 Å². The van der Waals surface area contributed by atoms with Gasteiger partial charge in [-0.25, -0.2) is 5.43 Å². The maximum absolute atomic E-state index is 12.1. The number of amides is 1. The van der Waals surface area contributed by atoms with E-state index in [0.717, 1.165) is 47.7 Å². The Hall–Kier alpha value is -2.54. The molecule has 3 aliphatic rings. The zero-order chi connectivity index (χ0) is 17.2. The van der Waals surface area contributed by atoms with Gasteiger partial charge in [0.15, 0.2) is 5.84 Å². The van der Waals surface area contributed by atoms with E-state index < -0.39 is 0 Å². The first-order valence-electron chi connectivity index (χ1n) is 8.72. The van der Waals surface area contributed by atoms with E-state index in [4.69, 9.17) is 4.74 Å². The quantitative estimate of drug-likeness (QED) is 0.823. The van der Waals surface area contributed by atoms with E-state index in [0.29, 0.717) is 6.61 Å². The second-order valence-electron chi connectivity index (χ2n) is 7.33. The summed E-state index contributed by atoms with van der Waals surface area (Å²) < 4.78 is 8.25. The van der Waals surface area contributed by atoms with Crippen molar-refractivity contribution in [1.82, 2.24) is 15.3 Å². The van der Waals surface area contributed by atoms with Crippen LogP contribution in [0, 0.1) is 0 Å². The van der Waals surface area contributed by atoms with Gasteiger partial charge in [-0.3, -0.25) is 4.79 Å². The van der Waals surface area contributed by atoms with Crippen molar-refractivity contribution < 1.29 is 9.53 Å². The molecule has 2 atom stereocenters. The molecule has 0 saturated carbocycles. The molecule has 0 unspecified atom stereocenters. The number of carbonyl (C=O) groups excluding carboxylic acids is 1. The van der Waals surface area contributed by atoms with Crippen LogP contribution >= 0.6 is 0 Å². The Morgan fingerprint density at radius 1 is 1.40 bits per heavy atom. The van der Waals surface area contributed by atoms with E-state index in [9.17, 15) is 4.79 Å². The minimum Gasteiger partial charge on any atom is -0.483 e. The largest absolute Gasteiger partial charge is 0.483 e. The molecule has 1 saturated heterocycles. The lowest BCUT2D eigenvalue weighted by atomic mass is 10.0. The molecule has 5 rings (SSSR count). The maximum atomic E-state index is 12.1. The Balaban J connectivity index is 1.69. The lowest BCUT2D eigenvalue weighted by molar-refractivity contribution is -0.122. The predicted octanol–water partition coefficient (Wildman–Crippen LogP) is 1.38. The summed E-state index contributed by atoms with van der Waals surface area (Å²) in [6.45, 7) is 6.53. The normalized spacial score (nSPS) is 28.2. The van der Waals surface area contributed by atoms with Gasteiger partial charge in [0, 0.05) is 18.1 Å². The fraction of sp³-hybridized carbons (Fsp3) is 0.444. The summed E-state index contributed by atoms with van der Waals surface area (Å²) in [4.78, 5) is 14.1. The number of benzene rings is 1.